The van der Waals surface area contributed by atoms with E-state index in [1.807, 2.05) is 0 Å². The van der Waals surface area contributed by atoms with E-state index in [9.17, 15) is 17.6 Å². The van der Waals surface area contributed by atoms with Crippen molar-refractivity contribution < 1.29 is 17.6 Å². The highest BCUT2D eigenvalue weighted by atomic mass is 79.9. The third-order valence-corrected chi connectivity index (χ3v) is 6.12. The molecule has 0 bridgehead atoms. The van der Waals surface area contributed by atoms with Crippen LogP contribution in [0.1, 0.15) is 15.9 Å². The van der Waals surface area contributed by atoms with Gasteiger partial charge in [-0.1, -0.05) is 30.3 Å². The van der Waals surface area contributed by atoms with E-state index in [1.54, 1.807) is 48.5 Å². The number of anilines is 1. The van der Waals surface area contributed by atoms with Crippen molar-refractivity contribution in [1.82, 2.24) is 5.32 Å². The Hall–Kier alpha value is -2.71. The first-order valence-electron chi connectivity index (χ1n) is 8.75. The molecule has 0 fully saturated rings. The highest BCUT2D eigenvalue weighted by molar-refractivity contribution is 9.10. The zero-order valence-electron chi connectivity index (χ0n) is 15.2. The van der Waals surface area contributed by atoms with Gasteiger partial charge in [0.25, 0.3) is 15.9 Å². The van der Waals surface area contributed by atoms with E-state index in [2.05, 4.69) is 26.0 Å². The van der Waals surface area contributed by atoms with Gasteiger partial charge in [0.1, 0.15) is 5.82 Å². The Morgan fingerprint density at radius 2 is 1.72 bits per heavy atom. The summed E-state index contributed by atoms with van der Waals surface area (Å²) in [5.41, 5.74) is 1.51. The summed E-state index contributed by atoms with van der Waals surface area (Å²) in [5.74, 6) is -0.667. The average molecular weight is 477 g/mol. The summed E-state index contributed by atoms with van der Waals surface area (Å²) in [6.45, 7) is 0.358. The van der Waals surface area contributed by atoms with Crippen LogP contribution in [-0.2, 0) is 16.4 Å². The smallest absolute Gasteiger partial charge is 0.261 e. The molecule has 0 atom stereocenters. The van der Waals surface area contributed by atoms with Gasteiger partial charge in [0.2, 0.25) is 0 Å². The van der Waals surface area contributed by atoms with E-state index in [1.165, 1.54) is 24.3 Å². The third-order valence-electron chi connectivity index (χ3n) is 4.11. The van der Waals surface area contributed by atoms with E-state index in [-0.39, 0.29) is 16.6 Å². The van der Waals surface area contributed by atoms with Crippen LogP contribution in [0.15, 0.2) is 82.2 Å². The lowest BCUT2D eigenvalue weighted by Gasteiger charge is -2.10. The van der Waals surface area contributed by atoms with Gasteiger partial charge in [0, 0.05) is 17.8 Å². The number of rotatable bonds is 7. The van der Waals surface area contributed by atoms with Gasteiger partial charge in [-0.3, -0.25) is 9.52 Å². The van der Waals surface area contributed by atoms with Gasteiger partial charge in [0.15, 0.2) is 0 Å². The molecule has 0 radical (unpaired) electrons. The molecule has 0 saturated carbocycles. The molecule has 0 spiro atoms. The molecule has 0 aliphatic rings. The number of carbonyl (C=O) groups excluding carboxylic acids is 1. The molecule has 29 heavy (non-hydrogen) atoms. The molecule has 0 aromatic heterocycles. The lowest BCUT2D eigenvalue weighted by atomic mass is 10.1. The second-order valence-corrected chi connectivity index (χ2v) is 8.79. The number of carbonyl (C=O) groups is 1. The monoisotopic (exact) mass is 476 g/mol. The fraction of sp³-hybridized carbons (Fsp3) is 0.0952. The zero-order chi connectivity index (χ0) is 20.9. The molecule has 3 rings (SSSR count). The number of hydrogen-bond acceptors (Lipinski definition) is 3. The molecule has 3 aromatic carbocycles. The third kappa shape index (κ3) is 5.65. The summed E-state index contributed by atoms with van der Waals surface area (Å²) in [5, 5.41) is 2.78. The highest BCUT2D eigenvalue weighted by Gasteiger charge is 2.14. The molecule has 150 valence electrons. The molecule has 0 aliphatic carbocycles. The number of halogens is 2. The standard InChI is InChI=1S/C21H18BrFN2O3S/c22-19-13-15(9-10-20(19)23)11-12-24-21(26)16-5-4-6-17(14-16)25-29(27,28)18-7-2-1-3-8-18/h1-10,13-14,25H,11-12H2,(H,24,26). The summed E-state index contributed by atoms with van der Waals surface area (Å²) in [4.78, 5) is 12.5. The van der Waals surface area contributed by atoms with E-state index >= 15 is 0 Å². The van der Waals surface area contributed by atoms with Gasteiger partial charge in [-0.05, 0) is 70.4 Å². The molecular weight excluding hydrogens is 459 g/mol. The van der Waals surface area contributed by atoms with Crippen LogP contribution in [0, 0.1) is 5.82 Å². The molecule has 3 aromatic rings. The number of sulfonamides is 1. The molecule has 0 heterocycles. The van der Waals surface area contributed by atoms with Crippen molar-refractivity contribution in [1.29, 1.82) is 0 Å². The SMILES string of the molecule is O=C(NCCc1ccc(F)c(Br)c1)c1cccc(NS(=O)(=O)c2ccccc2)c1. The zero-order valence-corrected chi connectivity index (χ0v) is 17.6. The summed E-state index contributed by atoms with van der Waals surface area (Å²) >= 11 is 3.13. The Balaban J connectivity index is 1.62. The van der Waals surface area contributed by atoms with Crippen LogP contribution >= 0.6 is 15.9 Å². The first-order chi connectivity index (χ1) is 13.8. The normalized spacial score (nSPS) is 11.1. The molecule has 0 unspecified atom stereocenters. The van der Waals surface area contributed by atoms with Crippen LogP contribution in [0.5, 0.6) is 0 Å². The van der Waals surface area contributed by atoms with E-state index in [0.29, 0.717) is 28.7 Å². The molecule has 1 amide bonds. The number of hydrogen-bond donors (Lipinski definition) is 2. The minimum Gasteiger partial charge on any atom is -0.352 e. The van der Waals surface area contributed by atoms with Crippen molar-refractivity contribution in [3.63, 3.8) is 0 Å². The van der Waals surface area contributed by atoms with Gasteiger partial charge < -0.3 is 5.32 Å². The Kier molecular flexibility index (Phi) is 6.66. The minimum atomic E-state index is -3.73. The predicted molar refractivity (Wildman–Crippen MR) is 114 cm³/mol. The van der Waals surface area contributed by atoms with Gasteiger partial charge in [-0.2, -0.15) is 0 Å². The molecule has 0 saturated heterocycles. The fourth-order valence-corrected chi connectivity index (χ4v) is 4.15. The molecular formula is C21H18BrFN2O3S. The molecule has 0 aliphatic heterocycles. The van der Waals surface area contributed by atoms with Crippen molar-refractivity contribution in [2.24, 2.45) is 0 Å². The maximum absolute atomic E-state index is 13.3. The Bertz CT molecular complexity index is 1120. The fourth-order valence-electron chi connectivity index (χ4n) is 2.66. The Morgan fingerprint density at radius 3 is 2.45 bits per heavy atom. The highest BCUT2D eigenvalue weighted by Crippen LogP contribution is 2.18. The summed E-state index contributed by atoms with van der Waals surface area (Å²) < 4.78 is 41.0. The lowest BCUT2D eigenvalue weighted by Crippen LogP contribution is -2.25. The summed E-state index contributed by atoms with van der Waals surface area (Å²) in [7, 11) is -3.73. The van der Waals surface area contributed by atoms with E-state index in [4.69, 9.17) is 0 Å². The number of nitrogens with one attached hydrogen (secondary N) is 2. The van der Waals surface area contributed by atoms with Crippen molar-refractivity contribution in [3.05, 3.63) is 94.2 Å². The molecule has 5 nitrogen and oxygen atoms in total. The van der Waals surface area contributed by atoms with Crippen LogP contribution < -0.4 is 10.0 Å². The van der Waals surface area contributed by atoms with Gasteiger partial charge >= 0.3 is 0 Å². The summed E-state index contributed by atoms with van der Waals surface area (Å²) in [6.07, 6.45) is 0.533. The van der Waals surface area contributed by atoms with Crippen molar-refractivity contribution in [2.75, 3.05) is 11.3 Å². The topological polar surface area (TPSA) is 75.3 Å². The van der Waals surface area contributed by atoms with E-state index in [0.717, 1.165) is 5.56 Å². The second kappa shape index (κ2) is 9.19. The number of benzene rings is 3. The predicted octanol–water partition coefficient (Wildman–Crippen LogP) is 4.36. The van der Waals surface area contributed by atoms with E-state index < -0.39 is 10.0 Å². The number of amides is 1. The van der Waals surface area contributed by atoms with Crippen LogP contribution in [0.25, 0.3) is 0 Å². The average Bonchev–Trinajstić information content (AvgIpc) is 2.71. The van der Waals surface area contributed by atoms with Crippen LogP contribution in [0.3, 0.4) is 0 Å². The van der Waals surface area contributed by atoms with Crippen molar-refractivity contribution >= 4 is 37.5 Å². The van der Waals surface area contributed by atoms with Crippen molar-refractivity contribution in [2.45, 2.75) is 11.3 Å². The summed E-state index contributed by atoms with van der Waals surface area (Å²) in [6, 6.07) is 18.9. The second-order valence-electron chi connectivity index (χ2n) is 6.25. The van der Waals surface area contributed by atoms with Crippen LogP contribution in [0.4, 0.5) is 10.1 Å². The quantitative estimate of drug-likeness (QED) is 0.531. The Labute approximate surface area is 177 Å². The first-order valence-corrected chi connectivity index (χ1v) is 11.0. The van der Waals surface area contributed by atoms with Gasteiger partial charge in [-0.15, -0.1) is 0 Å². The first kappa shape index (κ1) is 21.0. The lowest BCUT2D eigenvalue weighted by molar-refractivity contribution is 0.0954. The Morgan fingerprint density at radius 1 is 0.966 bits per heavy atom. The largest absolute Gasteiger partial charge is 0.352 e. The van der Waals surface area contributed by atoms with Gasteiger partial charge in [-0.25, -0.2) is 12.8 Å². The van der Waals surface area contributed by atoms with Crippen molar-refractivity contribution in [3.8, 4) is 0 Å². The van der Waals surface area contributed by atoms with Gasteiger partial charge in [0.05, 0.1) is 9.37 Å². The maximum atomic E-state index is 13.3. The van der Waals surface area contributed by atoms with Crippen LogP contribution in [-0.4, -0.2) is 20.9 Å². The molecule has 2 N–H and O–H groups in total. The maximum Gasteiger partial charge on any atom is 0.261 e. The minimum absolute atomic E-state index is 0.139. The van der Waals surface area contributed by atoms with Crippen LogP contribution in [0.2, 0.25) is 0 Å². The molecule has 8 heteroatoms.